The van der Waals surface area contributed by atoms with Gasteiger partial charge < -0.3 is 10.8 Å². The first kappa shape index (κ1) is 8.47. The number of aromatic amines is 1. The maximum Gasteiger partial charge on any atom is 0.438 e. The van der Waals surface area contributed by atoms with E-state index >= 15 is 0 Å². The van der Waals surface area contributed by atoms with Crippen LogP contribution in [0.15, 0.2) is 9.32 Å². The summed E-state index contributed by atoms with van der Waals surface area (Å²) < 4.78 is 4.13. The number of carboxylic acid groups (broad SMARTS) is 1. The van der Waals surface area contributed by atoms with Crippen LogP contribution in [0.2, 0.25) is 0 Å². The van der Waals surface area contributed by atoms with E-state index in [1.165, 1.54) is 0 Å². The van der Waals surface area contributed by atoms with Crippen molar-refractivity contribution >= 4 is 5.97 Å². The highest BCUT2D eigenvalue weighted by atomic mass is 16.5. The smallest absolute Gasteiger partial charge is 0.438 e. The highest BCUT2D eigenvalue weighted by Crippen LogP contribution is 2.05. The molecule has 1 aromatic heterocycles. The predicted molar refractivity (Wildman–Crippen MR) is 36.3 cm³/mol. The number of nitrogens with one attached hydrogen (secondary N) is 1. The van der Waals surface area contributed by atoms with Gasteiger partial charge in [0.15, 0.2) is 5.82 Å². The van der Waals surface area contributed by atoms with Crippen molar-refractivity contribution in [2.45, 2.75) is 12.5 Å². The number of hydrogen-bond acceptors (Lipinski definition) is 5. The van der Waals surface area contributed by atoms with Crippen LogP contribution in [0.1, 0.15) is 18.3 Å². The fourth-order valence-corrected chi connectivity index (χ4v) is 0.686. The van der Waals surface area contributed by atoms with Gasteiger partial charge >= 0.3 is 11.7 Å². The standard InChI is InChI=1S/C5H7N3O4/c6-2(1-3(9)10)4-7-5(11)12-8-4/h2H,1,6H2,(H,9,10)(H,7,8,11)/t2-/m1/s1. The van der Waals surface area contributed by atoms with Gasteiger partial charge in [-0.15, -0.1) is 0 Å². The maximum absolute atomic E-state index is 10.4. The SMILES string of the molecule is N[C@H](CC(=O)O)c1noc(=O)[nH]1. The monoisotopic (exact) mass is 173 g/mol. The lowest BCUT2D eigenvalue weighted by Gasteiger charge is -2.01. The van der Waals surface area contributed by atoms with Gasteiger partial charge in [-0.3, -0.25) is 14.3 Å². The molecule has 1 heterocycles. The number of nitrogens with zero attached hydrogens (tertiary/aromatic N) is 1. The van der Waals surface area contributed by atoms with Gasteiger partial charge in [0.2, 0.25) is 0 Å². The number of rotatable bonds is 3. The first-order valence-electron chi connectivity index (χ1n) is 3.13. The molecular formula is C5H7N3O4. The van der Waals surface area contributed by atoms with Crippen LogP contribution in [0.3, 0.4) is 0 Å². The summed E-state index contributed by atoms with van der Waals surface area (Å²) in [5.41, 5.74) is 5.34. The molecule has 0 spiro atoms. The zero-order valence-corrected chi connectivity index (χ0v) is 5.98. The van der Waals surface area contributed by atoms with Crippen LogP contribution in [0.25, 0.3) is 0 Å². The third-order valence-corrected chi connectivity index (χ3v) is 1.20. The summed E-state index contributed by atoms with van der Waals surface area (Å²) in [5, 5.41) is 11.6. The highest BCUT2D eigenvalue weighted by Gasteiger charge is 2.14. The first-order chi connectivity index (χ1) is 5.59. The second-order valence-electron chi connectivity index (χ2n) is 2.18. The molecule has 1 aromatic rings. The zero-order chi connectivity index (χ0) is 9.14. The molecule has 0 bridgehead atoms. The van der Waals surface area contributed by atoms with E-state index < -0.39 is 17.8 Å². The van der Waals surface area contributed by atoms with E-state index in [4.69, 9.17) is 10.8 Å². The number of nitrogens with two attached hydrogens (primary N) is 1. The fraction of sp³-hybridized carbons (Fsp3) is 0.400. The molecular weight excluding hydrogens is 166 g/mol. The van der Waals surface area contributed by atoms with Crippen LogP contribution in [0.5, 0.6) is 0 Å². The Bertz CT molecular complexity index is 327. The minimum atomic E-state index is -1.06. The molecule has 0 aliphatic heterocycles. The average Bonchev–Trinajstić information content (AvgIpc) is 2.34. The molecule has 1 rings (SSSR count). The molecule has 0 saturated carbocycles. The number of carbonyl (C=O) groups is 1. The van der Waals surface area contributed by atoms with Crippen molar-refractivity contribution in [3.8, 4) is 0 Å². The summed E-state index contributed by atoms with van der Waals surface area (Å²) >= 11 is 0. The Morgan fingerprint density at radius 3 is 2.92 bits per heavy atom. The van der Waals surface area contributed by atoms with Gasteiger partial charge in [-0.25, -0.2) is 4.79 Å². The van der Waals surface area contributed by atoms with Crippen LogP contribution < -0.4 is 11.5 Å². The van der Waals surface area contributed by atoms with E-state index in [2.05, 4.69) is 14.7 Å². The van der Waals surface area contributed by atoms with E-state index in [-0.39, 0.29) is 12.2 Å². The molecule has 0 amide bonds. The number of H-pyrrole nitrogens is 1. The van der Waals surface area contributed by atoms with Gasteiger partial charge in [0.05, 0.1) is 12.5 Å². The van der Waals surface area contributed by atoms with Gasteiger partial charge in [-0.1, -0.05) is 5.16 Å². The van der Waals surface area contributed by atoms with Gasteiger partial charge in [0.1, 0.15) is 0 Å². The van der Waals surface area contributed by atoms with Crippen molar-refractivity contribution in [2.24, 2.45) is 5.73 Å². The molecule has 0 radical (unpaired) electrons. The largest absolute Gasteiger partial charge is 0.481 e. The molecule has 0 saturated heterocycles. The molecule has 7 nitrogen and oxygen atoms in total. The van der Waals surface area contributed by atoms with Crippen LogP contribution in [0.4, 0.5) is 0 Å². The number of aromatic nitrogens is 2. The summed E-state index contributed by atoms with van der Waals surface area (Å²) in [6, 6.07) is -0.839. The molecule has 0 aliphatic rings. The van der Waals surface area contributed by atoms with Gasteiger partial charge in [-0.2, -0.15) is 0 Å². The van der Waals surface area contributed by atoms with Crippen molar-refractivity contribution in [3.63, 3.8) is 0 Å². The molecule has 0 aliphatic carbocycles. The third kappa shape index (κ3) is 1.92. The molecule has 12 heavy (non-hydrogen) atoms. The lowest BCUT2D eigenvalue weighted by Crippen LogP contribution is -2.17. The lowest BCUT2D eigenvalue weighted by atomic mass is 10.2. The van der Waals surface area contributed by atoms with E-state index in [0.717, 1.165) is 0 Å². The number of carboxylic acids is 1. The number of hydrogen-bond donors (Lipinski definition) is 3. The van der Waals surface area contributed by atoms with Gasteiger partial charge in [0.25, 0.3) is 0 Å². The Morgan fingerprint density at radius 1 is 1.83 bits per heavy atom. The normalized spacial score (nSPS) is 12.8. The lowest BCUT2D eigenvalue weighted by molar-refractivity contribution is -0.137. The van der Waals surface area contributed by atoms with Crippen molar-refractivity contribution in [3.05, 3.63) is 16.4 Å². The topological polar surface area (TPSA) is 122 Å². The Labute approximate surface area is 66.2 Å². The predicted octanol–water partition coefficient (Wildman–Crippen LogP) is -1.16. The van der Waals surface area contributed by atoms with E-state index in [1.807, 2.05) is 0 Å². The van der Waals surface area contributed by atoms with E-state index in [0.29, 0.717) is 0 Å². The Balaban J connectivity index is 2.71. The van der Waals surface area contributed by atoms with Crippen molar-refractivity contribution in [1.82, 2.24) is 10.1 Å². The summed E-state index contributed by atoms with van der Waals surface area (Å²) in [6.45, 7) is 0. The summed E-state index contributed by atoms with van der Waals surface area (Å²) in [5.74, 6) is -1.76. The third-order valence-electron chi connectivity index (χ3n) is 1.20. The Hall–Kier alpha value is -1.63. The molecule has 0 fully saturated rings. The Morgan fingerprint density at radius 2 is 2.50 bits per heavy atom. The van der Waals surface area contributed by atoms with E-state index in [9.17, 15) is 9.59 Å². The van der Waals surface area contributed by atoms with Crippen molar-refractivity contribution in [1.29, 1.82) is 0 Å². The maximum atomic E-state index is 10.4. The highest BCUT2D eigenvalue weighted by molar-refractivity contribution is 5.67. The minimum Gasteiger partial charge on any atom is -0.481 e. The fourth-order valence-electron chi connectivity index (χ4n) is 0.686. The van der Waals surface area contributed by atoms with Crippen molar-refractivity contribution in [2.75, 3.05) is 0 Å². The summed E-state index contributed by atoms with van der Waals surface area (Å²) in [7, 11) is 0. The van der Waals surface area contributed by atoms with Gasteiger partial charge in [0, 0.05) is 0 Å². The van der Waals surface area contributed by atoms with Crippen LogP contribution in [-0.4, -0.2) is 21.2 Å². The second kappa shape index (κ2) is 3.18. The minimum absolute atomic E-state index is 0.0439. The summed E-state index contributed by atoms with van der Waals surface area (Å²) in [6.07, 6.45) is -0.303. The van der Waals surface area contributed by atoms with Gasteiger partial charge in [-0.05, 0) is 0 Å². The average molecular weight is 173 g/mol. The number of aliphatic carboxylic acids is 1. The molecule has 0 aromatic carbocycles. The first-order valence-corrected chi connectivity index (χ1v) is 3.13. The van der Waals surface area contributed by atoms with E-state index in [1.54, 1.807) is 0 Å². The zero-order valence-electron chi connectivity index (χ0n) is 5.98. The molecule has 7 heteroatoms. The molecule has 1 atom stereocenters. The van der Waals surface area contributed by atoms with Crippen LogP contribution >= 0.6 is 0 Å². The summed E-state index contributed by atoms with van der Waals surface area (Å²) in [4.78, 5) is 22.7. The molecule has 0 unspecified atom stereocenters. The quantitative estimate of drug-likeness (QED) is 0.529. The molecule has 4 N–H and O–H groups in total. The molecule has 66 valence electrons. The van der Waals surface area contributed by atoms with Crippen molar-refractivity contribution < 1.29 is 14.4 Å². The van der Waals surface area contributed by atoms with Crippen LogP contribution in [0, 0.1) is 0 Å². The Kier molecular flexibility index (Phi) is 2.24. The second-order valence-corrected chi connectivity index (χ2v) is 2.18. The van der Waals surface area contributed by atoms with Crippen LogP contribution in [-0.2, 0) is 4.79 Å².